The Morgan fingerprint density at radius 3 is 2.29 bits per heavy atom. The van der Waals surface area contributed by atoms with Gasteiger partial charge in [0, 0.05) is 18.4 Å². The first-order valence-electron chi connectivity index (χ1n) is 9.58. The number of carbonyl (C=O) groups excluding carboxylic acids is 1. The van der Waals surface area contributed by atoms with E-state index in [0.29, 0.717) is 11.6 Å². The number of benzene rings is 1. The van der Waals surface area contributed by atoms with Crippen molar-refractivity contribution >= 4 is 21.6 Å². The van der Waals surface area contributed by atoms with E-state index >= 15 is 0 Å². The summed E-state index contributed by atoms with van der Waals surface area (Å²) in [5, 5.41) is 2.92. The molecule has 1 unspecified atom stereocenters. The van der Waals surface area contributed by atoms with Crippen molar-refractivity contribution in [3.05, 3.63) is 54.9 Å². The van der Waals surface area contributed by atoms with Crippen LogP contribution in [0.5, 0.6) is 0 Å². The van der Waals surface area contributed by atoms with Crippen molar-refractivity contribution < 1.29 is 13.2 Å². The maximum absolute atomic E-state index is 13.1. The van der Waals surface area contributed by atoms with E-state index in [1.165, 1.54) is 24.5 Å². The molecule has 6 nitrogen and oxygen atoms in total. The average molecular weight is 404 g/mol. The lowest BCUT2D eigenvalue weighted by atomic mass is 10.0. The van der Waals surface area contributed by atoms with Gasteiger partial charge in [0.25, 0.3) is 10.0 Å². The number of pyridine rings is 1. The molecule has 1 amide bonds. The lowest BCUT2D eigenvalue weighted by molar-refractivity contribution is -0.120. The number of carbonyl (C=O) groups is 1. The first kappa shape index (κ1) is 21.9. The smallest absolute Gasteiger partial charge is 0.264 e. The molecule has 0 aliphatic carbocycles. The zero-order chi connectivity index (χ0) is 20.6. The number of nitrogens with one attached hydrogen (secondary N) is 1. The Labute approximate surface area is 168 Å². The van der Waals surface area contributed by atoms with E-state index in [-0.39, 0.29) is 23.4 Å². The van der Waals surface area contributed by atoms with Gasteiger partial charge in [0.2, 0.25) is 5.91 Å². The van der Waals surface area contributed by atoms with Gasteiger partial charge in [-0.2, -0.15) is 0 Å². The van der Waals surface area contributed by atoms with E-state index in [1.54, 1.807) is 30.3 Å². The van der Waals surface area contributed by atoms with E-state index in [0.717, 1.165) is 23.6 Å². The summed E-state index contributed by atoms with van der Waals surface area (Å²) < 4.78 is 27.4. The van der Waals surface area contributed by atoms with Gasteiger partial charge in [-0.05, 0) is 43.5 Å². The minimum Gasteiger partial charge on any atom is -0.352 e. The van der Waals surface area contributed by atoms with Crippen LogP contribution in [0.25, 0.3) is 0 Å². The largest absolute Gasteiger partial charge is 0.352 e. The molecule has 0 aliphatic rings. The van der Waals surface area contributed by atoms with Gasteiger partial charge in [-0.1, -0.05) is 44.9 Å². The monoisotopic (exact) mass is 403 g/mol. The van der Waals surface area contributed by atoms with Crippen molar-refractivity contribution in [2.45, 2.75) is 51.0 Å². The molecule has 28 heavy (non-hydrogen) atoms. The Balaban J connectivity index is 2.14. The first-order valence-corrected chi connectivity index (χ1v) is 11.0. The molecule has 1 heterocycles. The number of rotatable bonds is 10. The highest BCUT2D eigenvalue weighted by atomic mass is 32.2. The van der Waals surface area contributed by atoms with Gasteiger partial charge in [-0.3, -0.25) is 14.1 Å². The highest BCUT2D eigenvalue weighted by Gasteiger charge is 2.27. The Morgan fingerprint density at radius 1 is 1.04 bits per heavy atom. The summed E-state index contributed by atoms with van der Waals surface area (Å²) in [7, 11) is -3.87. The highest BCUT2D eigenvalue weighted by Crippen LogP contribution is 2.22. The van der Waals surface area contributed by atoms with Crippen LogP contribution in [-0.4, -0.2) is 31.9 Å². The van der Waals surface area contributed by atoms with Crippen molar-refractivity contribution in [1.82, 2.24) is 10.3 Å². The number of nitrogens with zero attached hydrogens (tertiary/aromatic N) is 2. The van der Waals surface area contributed by atoms with Crippen LogP contribution in [0, 0.1) is 5.92 Å². The highest BCUT2D eigenvalue weighted by molar-refractivity contribution is 7.92. The van der Waals surface area contributed by atoms with Crippen molar-refractivity contribution in [3.8, 4) is 0 Å². The SMILES string of the molecule is CC(C)CCCC(C)NC(=O)CN(c1ccncc1)S(=O)(=O)c1ccccc1. The number of hydrogen-bond donors (Lipinski definition) is 1. The topological polar surface area (TPSA) is 79.4 Å². The van der Waals surface area contributed by atoms with Gasteiger partial charge in [-0.25, -0.2) is 8.42 Å². The third kappa shape index (κ3) is 6.34. The van der Waals surface area contributed by atoms with E-state index in [9.17, 15) is 13.2 Å². The van der Waals surface area contributed by atoms with Crippen LogP contribution in [0.1, 0.15) is 40.0 Å². The molecule has 0 saturated heterocycles. The predicted molar refractivity (Wildman–Crippen MR) is 112 cm³/mol. The molecule has 0 fully saturated rings. The van der Waals surface area contributed by atoms with Crippen molar-refractivity contribution in [2.24, 2.45) is 5.92 Å². The second kappa shape index (κ2) is 10.2. The fourth-order valence-electron chi connectivity index (χ4n) is 2.90. The molecule has 0 bridgehead atoms. The lowest BCUT2D eigenvalue weighted by Crippen LogP contribution is -2.43. The average Bonchev–Trinajstić information content (AvgIpc) is 2.67. The van der Waals surface area contributed by atoms with Crippen molar-refractivity contribution in [3.63, 3.8) is 0 Å². The molecule has 0 saturated carbocycles. The molecule has 7 heteroatoms. The normalized spacial score (nSPS) is 12.6. The number of aromatic nitrogens is 1. The molecule has 2 aromatic rings. The van der Waals surface area contributed by atoms with E-state index < -0.39 is 10.0 Å². The molecular weight excluding hydrogens is 374 g/mol. The standard InChI is InChI=1S/C21H29N3O3S/c1-17(2)8-7-9-18(3)23-21(25)16-24(19-12-14-22-15-13-19)28(26,27)20-10-5-4-6-11-20/h4-6,10-15,17-18H,7-9,16H2,1-3H3,(H,23,25). The fraction of sp³-hybridized carbons (Fsp3) is 0.429. The predicted octanol–water partition coefficient (Wildman–Crippen LogP) is 3.61. The van der Waals surface area contributed by atoms with Crippen LogP contribution in [0.3, 0.4) is 0 Å². The van der Waals surface area contributed by atoms with Gasteiger partial charge >= 0.3 is 0 Å². The zero-order valence-corrected chi connectivity index (χ0v) is 17.5. The van der Waals surface area contributed by atoms with Crippen molar-refractivity contribution in [2.75, 3.05) is 10.8 Å². The summed E-state index contributed by atoms with van der Waals surface area (Å²) in [5.41, 5.74) is 0.404. The maximum Gasteiger partial charge on any atom is 0.264 e. The van der Waals surface area contributed by atoms with Gasteiger partial charge in [-0.15, -0.1) is 0 Å². The molecule has 1 aromatic carbocycles. The van der Waals surface area contributed by atoms with Crippen LogP contribution in [0.2, 0.25) is 0 Å². The zero-order valence-electron chi connectivity index (χ0n) is 16.7. The van der Waals surface area contributed by atoms with Gasteiger partial charge in [0.05, 0.1) is 10.6 Å². The summed E-state index contributed by atoms with van der Waals surface area (Å²) >= 11 is 0. The lowest BCUT2D eigenvalue weighted by Gasteiger charge is -2.25. The molecule has 152 valence electrons. The number of amides is 1. The van der Waals surface area contributed by atoms with Gasteiger partial charge in [0.15, 0.2) is 0 Å². The van der Waals surface area contributed by atoms with Crippen LogP contribution in [-0.2, 0) is 14.8 Å². The molecule has 1 N–H and O–H groups in total. The molecule has 1 atom stereocenters. The Bertz CT molecular complexity index is 840. The molecule has 0 aliphatic heterocycles. The quantitative estimate of drug-likeness (QED) is 0.657. The number of hydrogen-bond acceptors (Lipinski definition) is 4. The molecule has 2 rings (SSSR count). The van der Waals surface area contributed by atoms with Crippen LogP contribution < -0.4 is 9.62 Å². The Kier molecular flexibility index (Phi) is 7.99. The van der Waals surface area contributed by atoms with Crippen molar-refractivity contribution in [1.29, 1.82) is 0 Å². The summed E-state index contributed by atoms with van der Waals surface area (Å²) in [6, 6.07) is 11.3. The van der Waals surface area contributed by atoms with E-state index in [1.807, 2.05) is 6.92 Å². The van der Waals surface area contributed by atoms with Crippen LogP contribution in [0.15, 0.2) is 59.8 Å². The number of sulfonamides is 1. The number of anilines is 1. The second-order valence-electron chi connectivity index (χ2n) is 7.32. The molecule has 0 radical (unpaired) electrons. The Morgan fingerprint density at radius 2 is 1.68 bits per heavy atom. The summed E-state index contributed by atoms with van der Waals surface area (Å²) in [6.07, 6.45) is 6.01. The third-order valence-electron chi connectivity index (χ3n) is 4.40. The minimum atomic E-state index is -3.87. The maximum atomic E-state index is 13.1. The van der Waals surface area contributed by atoms with Crippen LogP contribution >= 0.6 is 0 Å². The first-order chi connectivity index (χ1) is 13.3. The summed E-state index contributed by atoms with van der Waals surface area (Å²) in [4.78, 5) is 16.7. The molecular formula is C21H29N3O3S. The summed E-state index contributed by atoms with van der Waals surface area (Å²) in [6.45, 7) is 6.00. The Hall–Kier alpha value is -2.41. The third-order valence-corrected chi connectivity index (χ3v) is 6.18. The van der Waals surface area contributed by atoms with E-state index in [2.05, 4.69) is 24.1 Å². The minimum absolute atomic E-state index is 0.00929. The summed E-state index contributed by atoms with van der Waals surface area (Å²) in [5.74, 6) is 0.300. The van der Waals surface area contributed by atoms with Gasteiger partial charge in [0.1, 0.15) is 6.54 Å². The fourth-order valence-corrected chi connectivity index (χ4v) is 4.34. The second-order valence-corrected chi connectivity index (χ2v) is 9.19. The molecule has 1 aromatic heterocycles. The molecule has 0 spiro atoms. The van der Waals surface area contributed by atoms with E-state index in [4.69, 9.17) is 0 Å². The van der Waals surface area contributed by atoms with Crippen LogP contribution in [0.4, 0.5) is 5.69 Å². The van der Waals surface area contributed by atoms with Gasteiger partial charge < -0.3 is 5.32 Å².